The highest BCUT2D eigenvalue weighted by atomic mass is 32.2. The van der Waals surface area contributed by atoms with Gasteiger partial charge in [-0.15, -0.1) is 0 Å². The SMILES string of the molecule is CS(=O)(=O)C1CCCC(C(Cc2cccc(F)c2)NN)C1. The lowest BCUT2D eigenvalue weighted by atomic mass is 9.81. The number of halogens is 1. The summed E-state index contributed by atoms with van der Waals surface area (Å²) in [5.74, 6) is 5.59. The van der Waals surface area contributed by atoms with Gasteiger partial charge in [-0.25, -0.2) is 12.8 Å². The van der Waals surface area contributed by atoms with E-state index in [1.807, 2.05) is 6.07 Å². The number of nitrogens with two attached hydrogens (primary N) is 1. The molecule has 0 spiro atoms. The summed E-state index contributed by atoms with van der Waals surface area (Å²) in [4.78, 5) is 0. The largest absolute Gasteiger partial charge is 0.271 e. The molecule has 3 unspecified atom stereocenters. The van der Waals surface area contributed by atoms with Gasteiger partial charge in [-0.2, -0.15) is 0 Å². The first-order valence-electron chi connectivity index (χ1n) is 7.29. The monoisotopic (exact) mass is 314 g/mol. The molecule has 0 saturated heterocycles. The van der Waals surface area contributed by atoms with E-state index in [2.05, 4.69) is 5.43 Å². The topological polar surface area (TPSA) is 72.2 Å². The van der Waals surface area contributed by atoms with Crippen LogP contribution in [0.3, 0.4) is 0 Å². The smallest absolute Gasteiger partial charge is 0.150 e. The van der Waals surface area contributed by atoms with Crippen molar-refractivity contribution in [3.05, 3.63) is 35.6 Å². The molecule has 2 rings (SSSR count). The molecule has 0 aromatic heterocycles. The Morgan fingerprint density at radius 1 is 1.43 bits per heavy atom. The van der Waals surface area contributed by atoms with Crippen LogP contribution in [-0.4, -0.2) is 26.0 Å². The minimum atomic E-state index is -3.01. The summed E-state index contributed by atoms with van der Waals surface area (Å²) in [5, 5.41) is -0.278. The molecule has 118 valence electrons. The summed E-state index contributed by atoms with van der Waals surface area (Å²) in [5.41, 5.74) is 3.67. The first-order valence-corrected chi connectivity index (χ1v) is 9.25. The van der Waals surface area contributed by atoms with Gasteiger partial charge in [-0.3, -0.25) is 11.3 Å². The molecular weight excluding hydrogens is 291 g/mol. The third kappa shape index (κ3) is 4.49. The quantitative estimate of drug-likeness (QED) is 0.642. The zero-order valence-electron chi connectivity index (χ0n) is 12.3. The molecule has 1 aromatic carbocycles. The Balaban J connectivity index is 2.06. The first kappa shape index (κ1) is 16.4. The second-order valence-electron chi connectivity index (χ2n) is 5.99. The van der Waals surface area contributed by atoms with Gasteiger partial charge in [0, 0.05) is 12.3 Å². The van der Waals surface area contributed by atoms with E-state index in [9.17, 15) is 12.8 Å². The number of hydrogen-bond donors (Lipinski definition) is 2. The Labute approximate surface area is 125 Å². The third-order valence-corrected chi connectivity index (χ3v) is 6.04. The molecule has 0 radical (unpaired) electrons. The van der Waals surface area contributed by atoms with Crippen molar-refractivity contribution in [1.82, 2.24) is 5.43 Å². The molecular formula is C15H23FN2O2S. The van der Waals surface area contributed by atoms with Crippen LogP contribution in [0, 0.1) is 11.7 Å². The fraction of sp³-hybridized carbons (Fsp3) is 0.600. The highest BCUT2D eigenvalue weighted by Gasteiger charge is 2.32. The average molecular weight is 314 g/mol. The van der Waals surface area contributed by atoms with E-state index in [0.717, 1.165) is 24.8 Å². The maximum Gasteiger partial charge on any atom is 0.150 e. The van der Waals surface area contributed by atoms with Gasteiger partial charge in [0.1, 0.15) is 15.7 Å². The molecule has 1 saturated carbocycles. The molecule has 0 heterocycles. The molecule has 21 heavy (non-hydrogen) atoms. The van der Waals surface area contributed by atoms with Crippen molar-refractivity contribution in [2.45, 2.75) is 43.4 Å². The van der Waals surface area contributed by atoms with Crippen LogP contribution in [0.4, 0.5) is 4.39 Å². The Morgan fingerprint density at radius 3 is 2.81 bits per heavy atom. The number of hydrogen-bond acceptors (Lipinski definition) is 4. The fourth-order valence-electron chi connectivity index (χ4n) is 3.21. The van der Waals surface area contributed by atoms with Gasteiger partial charge in [-0.1, -0.05) is 18.6 Å². The minimum absolute atomic E-state index is 0.0312. The van der Waals surface area contributed by atoms with E-state index < -0.39 is 9.84 Å². The van der Waals surface area contributed by atoms with E-state index in [1.54, 1.807) is 6.07 Å². The zero-order chi connectivity index (χ0) is 15.5. The van der Waals surface area contributed by atoms with Crippen molar-refractivity contribution in [1.29, 1.82) is 0 Å². The summed E-state index contributed by atoms with van der Waals surface area (Å²) < 4.78 is 36.7. The van der Waals surface area contributed by atoms with Crippen LogP contribution in [0.5, 0.6) is 0 Å². The van der Waals surface area contributed by atoms with E-state index in [1.165, 1.54) is 18.4 Å². The van der Waals surface area contributed by atoms with Crippen LogP contribution in [-0.2, 0) is 16.3 Å². The maximum absolute atomic E-state index is 13.3. The Kier molecular flexibility index (Phi) is 5.35. The fourth-order valence-corrected chi connectivity index (χ4v) is 4.41. The number of benzene rings is 1. The molecule has 1 fully saturated rings. The van der Waals surface area contributed by atoms with E-state index in [-0.39, 0.29) is 23.0 Å². The first-order chi connectivity index (χ1) is 9.90. The van der Waals surface area contributed by atoms with Crippen molar-refractivity contribution in [2.24, 2.45) is 11.8 Å². The minimum Gasteiger partial charge on any atom is -0.271 e. The van der Waals surface area contributed by atoms with Gasteiger partial charge in [0.15, 0.2) is 0 Å². The van der Waals surface area contributed by atoms with Gasteiger partial charge in [0.05, 0.1) is 5.25 Å². The zero-order valence-corrected chi connectivity index (χ0v) is 13.1. The molecule has 3 atom stereocenters. The van der Waals surface area contributed by atoms with Crippen molar-refractivity contribution in [3.8, 4) is 0 Å². The lowest BCUT2D eigenvalue weighted by Gasteiger charge is -2.33. The van der Waals surface area contributed by atoms with Gasteiger partial charge < -0.3 is 0 Å². The third-order valence-electron chi connectivity index (χ3n) is 4.40. The van der Waals surface area contributed by atoms with Crippen molar-refractivity contribution >= 4 is 9.84 Å². The molecule has 1 aliphatic rings. The highest BCUT2D eigenvalue weighted by Crippen LogP contribution is 2.31. The highest BCUT2D eigenvalue weighted by molar-refractivity contribution is 7.91. The summed E-state index contributed by atoms with van der Waals surface area (Å²) >= 11 is 0. The van der Waals surface area contributed by atoms with Crippen LogP contribution >= 0.6 is 0 Å². The molecule has 0 aliphatic heterocycles. The molecule has 4 nitrogen and oxygen atoms in total. The molecule has 1 aromatic rings. The second-order valence-corrected chi connectivity index (χ2v) is 8.31. The Hall–Kier alpha value is -0.980. The van der Waals surface area contributed by atoms with E-state index in [4.69, 9.17) is 5.84 Å². The van der Waals surface area contributed by atoms with Crippen LogP contribution in [0.15, 0.2) is 24.3 Å². The molecule has 1 aliphatic carbocycles. The van der Waals surface area contributed by atoms with Gasteiger partial charge >= 0.3 is 0 Å². The summed E-state index contributed by atoms with van der Waals surface area (Å²) in [7, 11) is -3.01. The predicted octanol–water partition coefficient (Wildman–Crippen LogP) is 1.80. The Morgan fingerprint density at radius 2 is 2.19 bits per heavy atom. The van der Waals surface area contributed by atoms with Crippen LogP contribution in [0.25, 0.3) is 0 Å². The maximum atomic E-state index is 13.3. The lowest BCUT2D eigenvalue weighted by molar-refractivity contribution is 0.269. The summed E-state index contributed by atoms with van der Waals surface area (Å²) in [6.45, 7) is 0. The van der Waals surface area contributed by atoms with Crippen molar-refractivity contribution in [2.75, 3.05) is 6.26 Å². The molecule has 6 heteroatoms. The van der Waals surface area contributed by atoms with Crippen molar-refractivity contribution in [3.63, 3.8) is 0 Å². The van der Waals surface area contributed by atoms with E-state index >= 15 is 0 Å². The summed E-state index contributed by atoms with van der Waals surface area (Å²) in [6.07, 6.45) is 5.11. The van der Waals surface area contributed by atoms with Crippen LogP contribution < -0.4 is 11.3 Å². The summed E-state index contributed by atoms with van der Waals surface area (Å²) in [6, 6.07) is 6.43. The Bertz CT molecular complexity index is 577. The standard InChI is InChI=1S/C15H23FN2O2S/c1-21(19,20)14-7-3-5-12(10-14)15(18-17)9-11-4-2-6-13(16)8-11/h2,4,6,8,12,14-15,18H,3,5,7,9-10,17H2,1H3. The normalized spacial score (nSPS) is 24.7. The van der Waals surface area contributed by atoms with Gasteiger partial charge in [0.25, 0.3) is 0 Å². The van der Waals surface area contributed by atoms with Gasteiger partial charge in [0.2, 0.25) is 0 Å². The number of hydrazine groups is 1. The predicted molar refractivity (Wildman–Crippen MR) is 81.8 cm³/mol. The van der Waals surface area contributed by atoms with Crippen molar-refractivity contribution < 1.29 is 12.8 Å². The second kappa shape index (κ2) is 6.85. The van der Waals surface area contributed by atoms with E-state index in [0.29, 0.717) is 12.8 Å². The van der Waals surface area contributed by atoms with Crippen LogP contribution in [0.2, 0.25) is 0 Å². The lowest BCUT2D eigenvalue weighted by Crippen LogP contribution is -2.45. The molecule has 3 N–H and O–H groups in total. The number of rotatable bonds is 5. The van der Waals surface area contributed by atoms with Crippen LogP contribution in [0.1, 0.15) is 31.2 Å². The number of nitrogens with one attached hydrogen (secondary N) is 1. The average Bonchev–Trinajstić information content (AvgIpc) is 2.44. The molecule has 0 amide bonds. The molecule has 0 bridgehead atoms. The van der Waals surface area contributed by atoms with Gasteiger partial charge in [-0.05, 0) is 49.3 Å². The number of sulfone groups is 1.